The van der Waals surface area contributed by atoms with Crippen LogP contribution in [0.5, 0.6) is 0 Å². The first kappa shape index (κ1) is 18.9. The van der Waals surface area contributed by atoms with Crippen molar-refractivity contribution in [3.8, 4) is 5.69 Å². The Morgan fingerprint density at radius 2 is 1.62 bits per heavy atom. The third-order valence-corrected chi connectivity index (χ3v) is 5.13. The van der Waals surface area contributed by atoms with E-state index in [0.717, 1.165) is 17.7 Å². The number of pyridine rings is 1. The largest absolute Gasteiger partial charge is 0.498 e. The highest BCUT2D eigenvalue weighted by molar-refractivity contribution is 6.63. The lowest BCUT2D eigenvalue weighted by Gasteiger charge is -2.32. The Morgan fingerprint density at radius 3 is 2.15 bits per heavy atom. The zero-order valence-corrected chi connectivity index (χ0v) is 15.6. The molecule has 2 aromatic rings. The van der Waals surface area contributed by atoms with Crippen molar-refractivity contribution in [3.05, 3.63) is 35.4 Å². The molecule has 0 N–H and O–H groups in total. The molecule has 0 unspecified atom stereocenters. The molecule has 3 rings (SSSR count). The fourth-order valence-corrected chi connectivity index (χ4v) is 2.91. The number of aryl methyl sites for hydroxylation is 1. The second kappa shape index (κ2) is 5.82. The van der Waals surface area contributed by atoms with Gasteiger partial charge in [0, 0.05) is 17.4 Å². The van der Waals surface area contributed by atoms with Crippen molar-refractivity contribution < 1.29 is 22.5 Å². The number of alkyl halides is 3. The van der Waals surface area contributed by atoms with Gasteiger partial charge in [0.25, 0.3) is 0 Å². The first-order valence-electron chi connectivity index (χ1n) is 8.28. The highest BCUT2D eigenvalue weighted by Gasteiger charge is 2.53. The normalized spacial score (nSPS) is 19.2. The highest BCUT2D eigenvalue weighted by Crippen LogP contribution is 2.37. The second-order valence-corrected chi connectivity index (χ2v) is 7.51. The maximum Gasteiger partial charge on any atom is 0.498 e. The fourth-order valence-electron chi connectivity index (χ4n) is 2.91. The van der Waals surface area contributed by atoms with Crippen molar-refractivity contribution in [2.24, 2.45) is 0 Å². The van der Waals surface area contributed by atoms with Crippen molar-refractivity contribution in [3.63, 3.8) is 0 Å². The van der Waals surface area contributed by atoms with E-state index in [9.17, 15) is 13.2 Å². The summed E-state index contributed by atoms with van der Waals surface area (Å²) in [6.07, 6.45) is -2.32. The quantitative estimate of drug-likeness (QED) is 0.765. The van der Waals surface area contributed by atoms with Crippen LogP contribution in [-0.4, -0.2) is 33.1 Å². The van der Waals surface area contributed by atoms with Gasteiger partial charge in [-0.25, -0.2) is 4.68 Å². The van der Waals surface area contributed by atoms with Crippen LogP contribution in [0.15, 0.2) is 18.5 Å². The maximum atomic E-state index is 13.0. The zero-order valence-electron chi connectivity index (χ0n) is 15.6. The number of aromatic nitrogens is 3. The van der Waals surface area contributed by atoms with Crippen LogP contribution >= 0.6 is 0 Å². The molecule has 1 fully saturated rings. The van der Waals surface area contributed by atoms with E-state index in [4.69, 9.17) is 9.31 Å². The first-order chi connectivity index (χ1) is 11.8. The number of hydrogen-bond donors (Lipinski definition) is 0. The summed E-state index contributed by atoms with van der Waals surface area (Å²) >= 11 is 0. The van der Waals surface area contributed by atoms with Gasteiger partial charge < -0.3 is 9.31 Å². The van der Waals surface area contributed by atoms with E-state index in [1.807, 2.05) is 27.7 Å². The number of rotatable bonds is 2. The van der Waals surface area contributed by atoms with Crippen molar-refractivity contribution in [1.29, 1.82) is 0 Å². The zero-order chi connectivity index (χ0) is 19.5. The molecule has 1 saturated heterocycles. The van der Waals surface area contributed by atoms with Gasteiger partial charge in [0.05, 0.1) is 34.3 Å². The highest BCUT2D eigenvalue weighted by atomic mass is 19.4. The Morgan fingerprint density at radius 1 is 1.04 bits per heavy atom. The molecule has 3 heterocycles. The van der Waals surface area contributed by atoms with Crippen LogP contribution in [0.4, 0.5) is 13.2 Å². The minimum Gasteiger partial charge on any atom is -0.399 e. The molecule has 0 radical (unpaired) electrons. The molecule has 0 amide bonds. The molecule has 0 aromatic carbocycles. The second-order valence-electron chi connectivity index (χ2n) is 7.51. The molecule has 0 spiro atoms. The molecule has 5 nitrogen and oxygen atoms in total. The lowest BCUT2D eigenvalue weighted by atomic mass is 9.77. The minimum atomic E-state index is -4.46. The molecule has 140 valence electrons. The van der Waals surface area contributed by atoms with Gasteiger partial charge in [-0.15, -0.1) is 0 Å². The number of hydrogen-bond acceptors (Lipinski definition) is 4. The topological polar surface area (TPSA) is 49.2 Å². The van der Waals surface area contributed by atoms with Crippen LogP contribution in [0.3, 0.4) is 0 Å². The van der Waals surface area contributed by atoms with Crippen LogP contribution in [-0.2, 0) is 15.5 Å². The van der Waals surface area contributed by atoms with Crippen LogP contribution in [0.1, 0.15) is 44.6 Å². The van der Waals surface area contributed by atoms with Gasteiger partial charge in [-0.3, -0.25) is 4.98 Å². The van der Waals surface area contributed by atoms with E-state index in [1.54, 1.807) is 13.8 Å². The molecular formula is C17H21BF3N3O2. The van der Waals surface area contributed by atoms with Crippen molar-refractivity contribution in [1.82, 2.24) is 14.8 Å². The summed E-state index contributed by atoms with van der Waals surface area (Å²) < 4.78 is 52.5. The number of halogens is 3. The van der Waals surface area contributed by atoms with Crippen molar-refractivity contribution in [2.75, 3.05) is 0 Å². The molecule has 0 aliphatic carbocycles. The average Bonchev–Trinajstić information content (AvgIpc) is 2.90. The van der Waals surface area contributed by atoms with Gasteiger partial charge in [0.1, 0.15) is 0 Å². The lowest BCUT2D eigenvalue weighted by Crippen LogP contribution is -2.41. The SMILES string of the molecule is Cc1nn(-c2cncc(C(F)(F)F)c2)c(C)c1B1OC(C)(C)C(C)(C)O1. The van der Waals surface area contributed by atoms with Gasteiger partial charge in [-0.2, -0.15) is 18.3 Å². The molecule has 0 atom stereocenters. The summed E-state index contributed by atoms with van der Waals surface area (Å²) in [5, 5.41) is 4.39. The van der Waals surface area contributed by atoms with Crippen molar-refractivity contribution >= 4 is 12.6 Å². The third-order valence-electron chi connectivity index (χ3n) is 5.13. The summed E-state index contributed by atoms with van der Waals surface area (Å²) in [6.45, 7) is 11.3. The smallest absolute Gasteiger partial charge is 0.399 e. The lowest BCUT2D eigenvalue weighted by molar-refractivity contribution is -0.137. The van der Waals surface area contributed by atoms with Gasteiger partial charge in [0.15, 0.2) is 0 Å². The Balaban J connectivity index is 2.03. The van der Waals surface area contributed by atoms with Crippen molar-refractivity contribution in [2.45, 2.75) is 58.9 Å². The molecular weight excluding hydrogens is 346 g/mol. The minimum absolute atomic E-state index is 0.239. The molecule has 1 aliphatic rings. The predicted octanol–water partition coefficient (Wildman–Crippen LogP) is 3.20. The van der Waals surface area contributed by atoms with E-state index in [2.05, 4.69) is 10.1 Å². The molecule has 9 heteroatoms. The van der Waals surface area contributed by atoms with Crippen LogP contribution < -0.4 is 5.46 Å². The van der Waals surface area contributed by atoms with Gasteiger partial charge >= 0.3 is 13.3 Å². The summed E-state index contributed by atoms with van der Waals surface area (Å²) in [4.78, 5) is 3.71. The summed E-state index contributed by atoms with van der Waals surface area (Å²) in [7, 11) is -0.632. The Hall–Kier alpha value is -1.87. The van der Waals surface area contributed by atoms with Gasteiger partial charge in [-0.1, -0.05) is 0 Å². The fraction of sp³-hybridized carbons (Fsp3) is 0.529. The molecule has 2 aromatic heterocycles. The Kier molecular flexibility index (Phi) is 4.23. The van der Waals surface area contributed by atoms with E-state index >= 15 is 0 Å². The molecule has 0 bridgehead atoms. The average molecular weight is 367 g/mol. The van der Waals surface area contributed by atoms with Gasteiger partial charge in [-0.05, 0) is 47.6 Å². The van der Waals surface area contributed by atoms with Crippen LogP contribution in [0.2, 0.25) is 0 Å². The molecule has 1 aliphatic heterocycles. The summed E-state index contributed by atoms with van der Waals surface area (Å²) in [6, 6.07) is 1.03. The predicted molar refractivity (Wildman–Crippen MR) is 91.6 cm³/mol. The summed E-state index contributed by atoms with van der Waals surface area (Å²) in [5.41, 5.74) is 0.400. The monoisotopic (exact) mass is 367 g/mol. The maximum absolute atomic E-state index is 13.0. The Bertz CT molecular complexity index is 830. The Labute approximate surface area is 150 Å². The van der Waals surface area contributed by atoms with Crippen LogP contribution in [0.25, 0.3) is 5.69 Å². The number of nitrogens with zero attached hydrogens (tertiary/aromatic N) is 3. The first-order valence-corrected chi connectivity index (χ1v) is 8.28. The van der Waals surface area contributed by atoms with E-state index in [1.165, 1.54) is 10.9 Å². The van der Waals surface area contributed by atoms with E-state index in [0.29, 0.717) is 11.4 Å². The molecule has 0 saturated carbocycles. The van der Waals surface area contributed by atoms with E-state index < -0.39 is 30.1 Å². The summed E-state index contributed by atoms with van der Waals surface area (Å²) in [5.74, 6) is 0. The van der Waals surface area contributed by atoms with E-state index in [-0.39, 0.29) is 5.69 Å². The molecule has 26 heavy (non-hydrogen) atoms. The third kappa shape index (κ3) is 3.03. The standard InChI is InChI=1S/C17H21BF3N3O2/c1-10-14(18-25-15(3,4)16(5,6)26-18)11(2)24(23-10)13-7-12(8-22-9-13)17(19,20)21/h7-9H,1-6H3. The van der Waals surface area contributed by atoms with Gasteiger partial charge in [0.2, 0.25) is 0 Å². The van der Waals surface area contributed by atoms with Crippen LogP contribution in [0, 0.1) is 13.8 Å².